The third-order valence-electron chi connectivity index (χ3n) is 2.73. The van der Waals surface area contributed by atoms with Crippen LogP contribution in [0.25, 0.3) is 0 Å². The predicted molar refractivity (Wildman–Crippen MR) is 73.0 cm³/mol. The van der Waals surface area contributed by atoms with Gasteiger partial charge >= 0.3 is 0 Å². The smallest absolute Gasteiger partial charge is 0.211 e. The van der Waals surface area contributed by atoms with Gasteiger partial charge in [0.05, 0.1) is 5.69 Å². The molecule has 22 heavy (non-hydrogen) atoms. The molecule has 0 aliphatic rings. The van der Waals surface area contributed by atoms with Crippen molar-refractivity contribution in [2.24, 2.45) is 0 Å². The number of benzene rings is 1. The molecule has 3 rings (SSSR count). The number of hydrogen-bond donors (Lipinski definition) is 3. The van der Waals surface area contributed by atoms with Crippen molar-refractivity contribution >= 4 is 5.69 Å². The minimum absolute atomic E-state index is 0.160. The summed E-state index contributed by atoms with van der Waals surface area (Å²) in [5, 5.41) is 30.1. The third kappa shape index (κ3) is 3.08. The van der Waals surface area contributed by atoms with Gasteiger partial charge in [-0.3, -0.25) is 0 Å². The van der Waals surface area contributed by atoms with Crippen molar-refractivity contribution in [2.75, 3.05) is 12.4 Å². The van der Waals surface area contributed by atoms with Crippen LogP contribution in [0.15, 0.2) is 18.2 Å². The summed E-state index contributed by atoms with van der Waals surface area (Å²) in [6, 6.07) is 5.50. The summed E-state index contributed by atoms with van der Waals surface area (Å²) in [7, 11) is 1.79. The first-order chi connectivity index (χ1) is 10.9. The van der Waals surface area contributed by atoms with E-state index in [1.54, 1.807) is 13.1 Å². The van der Waals surface area contributed by atoms with E-state index in [0.717, 1.165) is 5.69 Å². The number of hydrogen-bond acceptors (Lipinski definition) is 9. The molecule has 0 unspecified atom stereocenters. The van der Waals surface area contributed by atoms with Gasteiger partial charge in [-0.2, -0.15) is 10.4 Å². The molecule has 3 N–H and O–H groups in total. The Balaban J connectivity index is 1.75. The lowest BCUT2D eigenvalue weighted by Crippen LogP contribution is -2.05. The van der Waals surface area contributed by atoms with Crippen molar-refractivity contribution in [3.8, 4) is 11.5 Å². The van der Waals surface area contributed by atoms with Crippen molar-refractivity contribution in [1.29, 1.82) is 0 Å². The molecule has 0 aliphatic heterocycles. The van der Waals surface area contributed by atoms with Crippen molar-refractivity contribution in [1.82, 2.24) is 41.2 Å². The fourth-order valence-corrected chi connectivity index (χ4v) is 1.74. The van der Waals surface area contributed by atoms with Crippen LogP contribution in [-0.2, 0) is 13.2 Å². The molecule has 3 aromatic rings. The molecule has 1 aromatic carbocycles. The molecule has 0 atom stereocenters. The van der Waals surface area contributed by atoms with Gasteiger partial charge in [-0.05, 0) is 12.1 Å². The molecule has 0 spiro atoms. The lowest BCUT2D eigenvalue weighted by Gasteiger charge is -2.14. The molecule has 0 radical (unpaired) electrons. The second kappa shape index (κ2) is 6.47. The van der Waals surface area contributed by atoms with Gasteiger partial charge in [-0.15, -0.1) is 20.4 Å². The molecule has 11 heteroatoms. The van der Waals surface area contributed by atoms with Crippen LogP contribution in [0.5, 0.6) is 11.5 Å². The lowest BCUT2D eigenvalue weighted by molar-refractivity contribution is 0.248. The van der Waals surface area contributed by atoms with E-state index < -0.39 is 0 Å². The van der Waals surface area contributed by atoms with Gasteiger partial charge in [0.1, 0.15) is 0 Å². The van der Waals surface area contributed by atoms with Gasteiger partial charge < -0.3 is 14.8 Å². The van der Waals surface area contributed by atoms with Crippen LogP contribution in [0, 0.1) is 0 Å². The molecule has 2 aromatic heterocycles. The molecule has 0 aliphatic carbocycles. The summed E-state index contributed by atoms with van der Waals surface area (Å²) in [6.45, 7) is 0.329. The van der Waals surface area contributed by atoms with E-state index >= 15 is 0 Å². The Morgan fingerprint density at radius 3 is 2.27 bits per heavy atom. The number of rotatable bonds is 7. The second-order valence-corrected chi connectivity index (χ2v) is 4.12. The first-order valence-corrected chi connectivity index (χ1v) is 6.38. The first kappa shape index (κ1) is 13.7. The quantitative estimate of drug-likeness (QED) is 0.546. The van der Waals surface area contributed by atoms with E-state index in [0.29, 0.717) is 23.1 Å². The number of nitrogens with one attached hydrogen (secondary N) is 3. The maximum absolute atomic E-state index is 5.74. The van der Waals surface area contributed by atoms with Crippen molar-refractivity contribution < 1.29 is 9.47 Å². The van der Waals surface area contributed by atoms with E-state index in [-0.39, 0.29) is 13.2 Å². The fraction of sp³-hybridized carbons (Fsp3) is 0.273. The average molecular weight is 303 g/mol. The van der Waals surface area contributed by atoms with Gasteiger partial charge in [-0.1, -0.05) is 16.5 Å². The molecule has 0 bridgehead atoms. The van der Waals surface area contributed by atoms with Crippen LogP contribution in [0.3, 0.4) is 0 Å². The highest BCUT2D eigenvalue weighted by molar-refractivity contribution is 5.62. The van der Waals surface area contributed by atoms with Crippen LogP contribution >= 0.6 is 0 Å². The molecular formula is C11H13N9O2. The predicted octanol–water partition coefficient (Wildman–Crippen LogP) is -0.0875. The third-order valence-corrected chi connectivity index (χ3v) is 2.73. The van der Waals surface area contributed by atoms with Crippen LogP contribution in [0.1, 0.15) is 11.6 Å². The lowest BCUT2D eigenvalue weighted by atomic mass is 10.2. The van der Waals surface area contributed by atoms with E-state index in [1.807, 2.05) is 12.1 Å². The van der Waals surface area contributed by atoms with Crippen LogP contribution < -0.4 is 14.8 Å². The Kier molecular flexibility index (Phi) is 4.04. The zero-order chi connectivity index (χ0) is 15.2. The number of aromatic amines is 2. The van der Waals surface area contributed by atoms with Crippen molar-refractivity contribution in [3.63, 3.8) is 0 Å². The van der Waals surface area contributed by atoms with Crippen LogP contribution in [-0.4, -0.2) is 48.3 Å². The average Bonchev–Trinajstić information content (AvgIpc) is 3.24. The number of H-pyrrole nitrogens is 2. The molecule has 2 heterocycles. The maximum Gasteiger partial charge on any atom is 0.211 e. The maximum atomic E-state index is 5.74. The standard InChI is InChI=1S/C11H13N9O2/c1-12-7-3-2-4-8(21-5-9-13-17-18-14-9)11(7)22-6-10-15-19-20-16-10/h2-4,12H,5-6H2,1H3,(H,13,14,17,18)(H,15,16,19,20). The van der Waals surface area contributed by atoms with Crippen LogP contribution in [0.2, 0.25) is 0 Å². The zero-order valence-electron chi connectivity index (χ0n) is 11.6. The SMILES string of the molecule is CNc1cccc(OCc2nn[nH]n2)c1OCc1nn[nH]n1. The van der Waals surface area contributed by atoms with Gasteiger partial charge in [-0.25, -0.2) is 0 Å². The topological polar surface area (TPSA) is 139 Å². The van der Waals surface area contributed by atoms with Gasteiger partial charge in [0, 0.05) is 7.05 Å². The molecule has 0 saturated heterocycles. The number of tetrazole rings is 2. The summed E-state index contributed by atoms with van der Waals surface area (Å²) >= 11 is 0. The Morgan fingerprint density at radius 2 is 1.68 bits per heavy atom. The van der Waals surface area contributed by atoms with Gasteiger partial charge in [0.2, 0.25) is 11.6 Å². The number of nitrogens with zero attached hydrogens (tertiary/aromatic N) is 6. The molecule has 0 saturated carbocycles. The second-order valence-electron chi connectivity index (χ2n) is 4.12. The number of aromatic nitrogens is 8. The van der Waals surface area contributed by atoms with Gasteiger partial charge in [0.25, 0.3) is 0 Å². The number of anilines is 1. The summed E-state index contributed by atoms with van der Waals surface area (Å²) < 4.78 is 11.4. The van der Waals surface area contributed by atoms with Crippen molar-refractivity contribution in [2.45, 2.75) is 13.2 Å². The Hall–Kier alpha value is -3.24. The van der Waals surface area contributed by atoms with E-state index in [1.165, 1.54) is 0 Å². The monoisotopic (exact) mass is 303 g/mol. The summed E-state index contributed by atoms with van der Waals surface area (Å²) in [5.74, 6) is 1.97. The Labute approximate surface area is 124 Å². The highest BCUT2D eigenvalue weighted by Gasteiger charge is 2.13. The number of ether oxygens (including phenoxy) is 2. The van der Waals surface area contributed by atoms with Crippen molar-refractivity contribution in [3.05, 3.63) is 29.8 Å². The van der Waals surface area contributed by atoms with E-state index in [2.05, 4.69) is 46.6 Å². The highest BCUT2D eigenvalue weighted by Crippen LogP contribution is 2.35. The van der Waals surface area contributed by atoms with Gasteiger partial charge in [0.15, 0.2) is 24.7 Å². The normalized spacial score (nSPS) is 10.4. The summed E-state index contributed by atoms with van der Waals surface area (Å²) in [6.07, 6.45) is 0. The van der Waals surface area contributed by atoms with E-state index in [9.17, 15) is 0 Å². The summed E-state index contributed by atoms with van der Waals surface area (Å²) in [4.78, 5) is 0. The minimum atomic E-state index is 0.160. The molecule has 11 nitrogen and oxygen atoms in total. The Morgan fingerprint density at radius 1 is 1.00 bits per heavy atom. The fourth-order valence-electron chi connectivity index (χ4n) is 1.74. The molecule has 0 fully saturated rings. The van der Waals surface area contributed by atoms with Crippen LogP contribution in [0.4, 0.5) is 5.69 Å². The molecule has 0 amide bonds. The zero-order valence-corrected chi connectivity index (χ0v) is 11.6. The van der Waals surface area contributed by atoms with E-state index in [4.69, 9.17) is 9.47 Å². The minimum Gasteiger partial charge on any atom is -0.481 e. The molecular weight excluding hydrogens is 290 g/mol. The molecule has 114 valence electrons. The highest BCUT2D eigenvalue weighted by atomic mass is 16.5. The first-order valence-electron chi connectivity index (χ1n) is 6.38. The largest absolute Gasteiger partial charge is 0.481 e. The number of para-hydroxylation sites is 1. The summed E-state index contributed by atoms with van der Waals surface area (Å²) in [5.41, 5.74) is 0.772. The Bertz CT molecular complexity index is 698.